The standard InChI is InChI=1S/C16H14Cl2O2/c1-2-9-20-13-6-3-11(4-7-13)16(19)12-5-8-14(17)15(18)10-12/h3-8,10H,2,9H2,1H3. The van der Waals surface area contributed by atoms with E-state index in [1.54, 1.807) is 42.5 Å². The lowest BCUT2D eigenvalue weighted by atomic mass is 10.0. The smallest absolute Gasteiger partial charge is 0.193 e. The van der Waals surface area contributed by atoms with Gasteiger partial charge in [0.1, 0.15) is 5.75 Å². The van der Waals surface area contributed by atoms with Crippen LogP contribution in [0.25, 0.3) is 0 Å². The quantitative estimate of drug-likeness (QED) is 0.725. The number of carbonyl (C=O) groups excluding carboxylic acids is 1. The van der Waals surface area contributed by atoms with Gasteiger partial charge >= 0.3 is 0 Å². The summed E-state index contributed by atoms with van der Waals surface area (Å²) >= 11 is 11.8. The van der Waals surface area contributed by atoms with Gasteiger partial charge in [-0.2, -0.15) is 0 Å². The predicted molar refractivity (Wildman–Crippen MR) is 82.1 cm³/mol. The zero-order valence-electron chi connectivity index (χ0n) is 11.0. The first-order valence-corrected chi connectivity index (χ1v) is 7.10. The Balaban J connectivity index is 2.18. The molecule has 0 aliphatic heterocycles. The Morgan fingerprint density at radius 1 is 1.00 bits per heavy atom. The molecule has 0 spiro atoms. The van der Waals surface area contributed by atoms with Crippen molar-refractivity contribution in [2.75, 3.05) is 6.61 Å². The lowest BCUT2D eigenvalue weighted by molar-refractivity contribution is 0.103. The highest BCUT2D eigenvalue weighted by Crippen LogP contribution is 2.24. The molecule has 0 aliphatic carbocycles. The Kier molecular flexibility index (Phi) is 5.05. The van der Waals surface area contributed by atoms with Crippen LogP contribution in [0, 0.1) is 0 Å². The van der Waals surface area contributed by atoms with Crippen molar-refractivity contribution in [2.45, 2.75) is 13.3 Å². The van der Waals surface area contributed by atoms with E-state index in [0.29, 0.717) is 27.8 Å². The van der Waals surface area contributed by atoms with E-state index < -0.39 is 0 Å². The predicted octanol–water partition coefficient (Wildman–Crippen LogP) is 5.01. The van der Waals surface area contributed by atoms with Crippen molar-refractivity contribution in [3.05, 3.63) is 63.6 Å². The zero-order valence-corrected chi connectivity index (χ0v) is 12.5. The first kappa shape index (κ1) is 14.9. The molecule has 2 aromatic carbocycles. The van der Waals surface area contributed by atoms with Crippen LogP contribution in [0.3, 0.4) is 0 Å². The number of hydrogen-bond acceptors (Lipinski definition) is 2. The molecule has 0 fully saturated rings. The molecule has 0 aromatic heterocycles. The molecule has 104 valence electrons. The second-order valence-electron chi connectivity index (χ2n) is 4.33. The molecule has 0 amide bonds. The fourth-order valence-corrected chi connectivity index (χ4v) is 2.02. The third-order valence-corrected chi connectivity index (χ3v) is 3.51. The number of carbonyl (C=O) groups is 1. The molecule has 20 heavy (non-hydrogen) atoms. The fourth-order valence-electron chi connectivity index (χ4n) is 1.73. The molecule has 0 saturated heterocycles. The van der Waals surface area contributed by atoms with Gasteiger partial charge in [-0.15, -0.1) is 0 Å². The van der Waals surface area contributed by atoms with E-state index in [0.717, 1.165) is 12.2 Å². The van der Waals surface area contributed by atoms with Crippen molar-refractivity contribution in [2.24, 2.45) is 0 Å². The highest BCUT2D eigenvalue weighted by molar-refractivity contribution is 6.42. The van der Waals surface area contributed by atoms with Crippen LogP contribution in [0.5, 0.6) is 5.75 Å². The molecule has 2 rings (SSSR count). The molecule has 0 atom stereocenters. The number of hydrogen-bond donors (Lipinski definition) is 0. The number of ether oxygens (including phenoxy) is 1. The van der Waals surface area contributed by atoms with Crippen molar-refractivity contribution in [1.29, 1.82) is 0 Å². The molecule has 4 heteroatoms. The van der Waals surface area contributed by atoms with Crippen molar-refractivity contribution in [1.82, 2.24) is 0 Å². The molecular weight excluding hydrogens is 295 g/mol. The summed E-state index contributed by atoms with van der Waals surface area (Å²) in [5.41, 5.74) is 1.11. The summed E-state index contributed by atoms with van der Waals surface area (Å²) in [6.07, 6.45) is 0.948. The summed E-state index contributed by atoms with van der Waals surface area (Å²) in [7, 11) is 0. The van der Waals surface area contributed by atoms with Gasteiger partial charge < -0.3 is 4.74 Å². The maximum absolute atomic E-state index is 12.3. The number of rotatable bonds is 5. The Hall–Kier alpha value is -1.51. The molecule has 0 bridgehead atoms. The average molecular weight is 309 g/mol. The SMILES string of the molecule is CCCOc1ccc(C(=O)c2ccc(Cl)c(Cl)c2)cc1. The summed E-state index contributed by atoms with van der Waals surface area (Å²) < 4.78 is 5.48. The van der Waals surface area contributed by atoms with Crippen LogP contribution in [0.4, 0.5) is 0 Å². The number of ketones is 1. The minimum Gasteiger partial charge on any atom is -0.494 e. The monoisotopic (exact) mass is 308 g/mol. The van der Waals surface area contributed by atoms with Gasteiger partial charge in [-0.05, 0) is 48.9 Å². The minimum absolute atomic E-state index is 0.0920. The van der Waals surface area contributed by atoms with E-state index >= 15 is 0 Å². The van der Waals surface area contributed by atoms with E-state index in [9.17, 15) is 4.79 Å². The summed E-state index contributed by atoms with van der Waals surface area (Å²) in [6.45, 7) is 2.71. The maximum atomic E-state index is 12.3. The van der Waals surface area contributed by atoms with Crippen LogP contribution < -0.4 is 4.74 Å². The molecule has 2 aromatic rings. The van der Waals surface area contributed by atoms with Crippen LogP contribution in [-0.2, 0) is 0 Å². The number of benzene rings is 2. The Labute approximate surface area is 128 Å². The van der Waals surface area contributed by atoms with Gasteiger partial charge in [0.25, 0.3) is 0 Å². The van der Waals surface area contributed by atoms with Gasteiger partial charge in [-0.25, -0.2) is 0 Å². The van der Waals surface area contributed by atoms with Gasteiger partial charge in [0.2, 0.25) is 0 Å². The van der Waals surface area contributed by atoms with Gasteiger partial charge in [0.15, 0.2) is 5.78 Å². The van der Waals surface area contributed by atoms with E-state index in [4.69, 9.17) is 27.9 Å². The molecule has 0 N–H and O–H groups in total. The minimum atomic E-state index is -0.0920. The van der Waals surface area contributed by atoms with E-state index in [1.165, 1.54) is 0 Å². The Bertz CT molecular complexity index is 606. The molecule has 0 saturated carbocycles. The second-order valence-corrected chi connectivity index (χ2v) is 5.15. The normalized spacial score (nSPS) is 10.3. The van der Waals surface area contributed by atoms with Gasteiger partial charge in [0.05, 0.1) is 16.7 Å². The molecule has 0 unspecified atom stereocenters. The zero-order chi connectivity index (χ0) is 14.5. The highest BCUT2D eigenvalue weighted by Gasteiger charge is 2.10. The lowest BCUT2D eigenvalue weighted by Gasteiger charge is -2.06. The van der Waals surface area contributed by atoms with Crippen LogP contribution in [0.1, 0.15) is 29.3 Å². The largest absolute Gasteiger partial charge is 0.494 e. The average Bonchev–Trinajstić information content (AvgIpc) is 2.48. The Morgan fingerprint density at radius 2 is 1.65 bits per heavy atom. The van der Waals surface area contributed by atoms with Crippen molar-refractivity contribution < 1.29 is 9.53 Å². The van der Waals surface area contributed by atoms with Crippen molar-refractivity contribution in [3.63, 3.8) is 0 Å². The third-order valence-electron chi connectivity index (χ3n) is 2.77. The van der Waals surface area contributed by atoms with E-state index in [1.807, 2.05) is 6.92 Å². The third kappa shape index (κ3) is 3.53. The molecule has 2 nitrogen and oxygen atoms in total. The maximum Gasteiger partial charge on any atom is 0.193 e. The van der Waals surface area contributed by atoms with Crippen molar-refractivity contribution in [3.8, 4) is 5.75 Å². The van der Waals surface area contributed by atoms with Gasteiger partial charge in [0, 0.05) is 11.1 Å². The molecule has 0 heterocycles. The molecule has 0 radical (unpaired) electrons. The van der Waals surface area contributed by atoms with Crippen LogP contribution >= 0.6 is 23.2 Å². The van der Waals surface area contributed by atoms with Gasteiger partial charge in [-0.1, -0.05) is 30.1 Å². The second kappa shape index (κ2) is 6.78. The van der Waals surface area contributed by atoms with Crippen LogP contribution in [-0.4, -0.2) is 12.4 Å². The molecule has 0 aliphatic rings. The summed E-state index contributed by atoms with van der Waals surface area (Å²) in [4.78, 5) is 12.3. The lowest BCUT2D eigenvalue weighted by Crippen LogP contribution is -2.01. The highest BCUT2D eigenvalue weighted by atomic mass is 35.5. The number of halogens is 2. The van der Waals surface area contributed by atoms with E-state index in [-0.39, 0.29) is 5.78 Å². The van der Waals surface area contributed by atoms with E-state index in [2.05, 4.69) is 0 Å². The topological polar surface area (TPSA) is 26.3 Å². The van der Waals surface area contributed by atoms with Crippen LogP contribution in [0.2, 0.25) is 10.0 Å². The Morgan fingerprint density at radius 3 is 2.25 bits per heavy atom. The van der Waals surface area contributed by atoms with Crippen LogP contribution in [0.15, 0.2) is 42.5 Å². The summed E-state index contributed by atoms with van der Waals surface area (Å²) in [6, 6.07) is 11.9. The first-order valence-electron chi connectivity index (χ1n) is 6.34. The van der Waals surface area contributed by atoms with Crippen molar-refractivity contribution >= 4 is 29.0 Å². The summed E-state index contributed by atoms with van der Waals surface area (Å²) in [5, 5.41) is 0.812. The first-order chi connectivity index (χ1) is 9.61. The fraction of sp³-hybridized carbons (Fsp3) is 0.188. The molecular formula is C16H14Cl2O2. The summed E-state index contributed by atoms with van der Waals surface area (Å²) in [5.74, 6) is 0.670. The van der Waals surface area contributed by atoms with Gasteiger partial charge in [-0.3, -0.25) is 4.79 Å².